The number of aryl methyl sites for hydroxylation is 2. The minimum Gasteiger partial charge on any atom is -0.389 e. The van der Waals surface area contributed by atoms with Gasteiger partial charge >= 0.3 is 0 Å². The zero-order chi connectivity index (χ0) is 14.8. The monoisotopic (exact) mass is 344 g/mol. The van der Waals surface area contributed by atoms with Gasteiger partial charge in [-0.3, -0.25) is 4.68 Å². The summed E-state index contributed by atoms with van der Waals surface area (Å²) >= 11 is 3.63. The molecule has 2 heterocycles. The maximum atomic E-state index is 10.9. The predicted octanol–water partition coefficient (Wildman–Crippen LogP) is 3.00. The predicted molar refractivity (Wildman–Crippen MR) is 82.8 cm³/mol. The molecule has 0 radical (unpaired) electrons. The second-order valence-electron chi connectivity index (χ2n) is 5.82. The highest BCUT2D eigenvalue weighted by atomic mass is 79.9. The summed E-state index contributed by atoms with van der Waals surface area (Å²) in [5, 5.41) is 15.4. The van der Waals surface area contributed by atoms with Gasteiger partial charge in [-0.15, -0.1) is 0 Å². The fourth-order valence-electron chi connectivity index (χ4n) is 2.99. The van der Waals surface area contributed by atoms with Crippen LogP contribution in [0.1, 0.15) is 50.9 Å². The van der Waals surface area contributed by atoms with Crippen LogP contribution < -0.4 is 0 Å². The molecule has 2 atom stereocenters. The van der Waals surface area contributed by atoms with E-state index in [2.05, 4.69) is 34.9 Å². The topological polar surface area (TPSA) is 47.3 Å². The van der Waals surface area contributed by atoms with Crippen molar-refractivity contribution in [1.82, 2.24) is 9.78 Å². The van der Waals surface area contributed by atoms with Crippen LogP contribution in [0.3, 0.4) is 0 Å². The first-order valence-corrected chi connectivity index (χ1v) is 8.32. The summed E-state index contributed by atoms with van der Waals surface area (Å²) in [6.45, 7) is 4.90. The molecule has 0 spiro atoms. The van der Waals surface area contributed by atoms with Crippen molar-refractivity contribution >= 4 is 15.9 Å². The molecule has 5 heteroatoms. The number of nitrogens with zero attached hydrogens (tertiary/aromatic N) is 2. The molecule has 1 aromatic rings. The molecule has 2 unspecified atom stereocenters. The third-order valence-corrected chi connectivity index (χ3v) is 5.05. The molecule has 1 fully saturated rings. The Morgan fingerprint density at radius 2 is 2.25 bits per heavy atom. The number of aliphatic hydroxyl groups is 1. The van der Waals surface area contributed by atoms with E-state index in [-0.39, 0.29) is 6.10 Å². The number of ether oxygens (including phenoxy) is 1. The molecular formula is C15H25BrN2O2. The second-order valence-corrected chi connectivity index (χ2v) is 6.61. The zero-order valence-electron chi connectivity index (χ0n) is 12.7. The van der Waals surface area contributed by atoms with Gasteiger partial charge in [0.1, 0.15) is 0 Å². The number of rotatable bonds is 5. The summed E-state index contributed by atoms with van der Waals surface area (Å²) in [4.78, 5) is 0. The van der Waals surface area contributed by atoms with E-state index in [1.54, 1.807) is 0 Å². The van der Waals surface area contributed by atoms with Crippen LogP contribution in [0.15, 0.2) is 4.47 Å². The van der Waals surface area contributed by atoms with Gasteiger partial charge in [0.2, 0.25) is 0 Å². The van der Waals surface area contributed by atoms with Crippen molar-refractivity contribution in [2.75, 3.05) is 6.61 Å². The van der Waals surface area contributed by atoms with Crippen molar-refractivity contribution in [2.45, 2.75) is 64.1 Å². The summed E-state index contributed by atoms with van der Waals surface area (Å²) < 4.78 is 8.69. The average molecular weight is 345 g/mol. The molecule has 1 aliphatic heterocycles. The Balaban J connectivity index is 2.13. The third kappa shape index (κ3) is 3.43. The van der Waals surface area contributed by atoms with Gasteiger partial charge in [0.15, 0.2) is 0 Å². The molecule has 0 bridgehead atoms. The second kappa shape index (κ2) is 6.58. The molecule has 1 aliphatic rings. The first kappa shape index (κ1) is 16.0. The fraction of sp³-hybridized carbons (Fsp3) is 0.800. The number of aromatic nitrogens is 2. The van der Waals surface area contributed by atoms with E-state index in [1.807, 2.05) is 11.7 Å². The Morgan fingerprint density at radius 1 is 1.50 bits per heavy atom. The molecule has 0 amide bonds. The highest BCUT2D eigenvalue weighted by Crippen LogP contribution is 2.33. The molecular weight excluding hydrogens is 320 g/mol. The van der Waals surface area contributed by atoms with E-state index >= 15 is 0 Å². The Labute approximate surface area is 129 Å². The minimum atomic E-state index is -0.667. The van der Waals surface area contributed by atoms with Crippen LogP contribution in [-0.2, 0) is 24.6 Å². The molecule has 0 aliphatic carbocycles. The molecule has 0 aromatic carbocycles. The standard InChI is InChI=1S/C15H25BrN2O2/c1-4-6-11-9-15(19,7-8-20-11)10-13-14(16)12(5-2)17-18(13)3/h11,19H,4-10H2,1-3H3. The molecule has 1 aromatic heterocycles. The highest BCUT2D eigenvalue weighted by Gasteiger charge is 2.36. The van der Waals surface area contributed by atoms with E-state index in [1.165, 1.54) is 0 Å². The van der Waals surface area contributed by atoms with Gasteiger partial charge in [0.25, 0.3) is 0 Å². The summed E-state index contributed by atoms with van der Waals surface area (Å²) in [7, 11) is 1.95. The summed E-state index contributed by atoms with van der Waals surface area (Å²) in [5.74, 6) is 0. The molecule has 114 valence electrons. The summed E-state index contributed by atoms with van der Waals surface area (Å²) in [6.07, 6.45) is 5.27. The molecule has 1 N–H and O–H groups in total. The van der Waals surface area contributed by atoms with Gasteiger partial charge in [-0.2, -0.15) is 5.10 Å². The molecule has 2 rings (SSSR count). The highest BCUT2D eigenvalue weighted by molar-refractivity contribution is 9.10. The zero-order valence-corrected chi connectivity index (χ0v) is 14.2. The fourth-order valence-corrected chi connectivity index (χ4v) is 3.75. The lowest BCUT2D eigenvalue weighted by Gasteiger charge is -2.37. The lowest BCUT2D eigenvalue weighted by Crippen LogP contribution is -2.43. The van der Waals surface area contributed by atoms with Gasteiger partial charge in [-0.05, 0) is 35.2 Å². The maximum absolute atomic E-state index is 10.9. The Kier molecular flexibility index (Phi) is 5.26. The minimum absolute atomic E-state index is 0.191. The molecule has 0 saturated carbocycles. The van der Waals surface area contributed by atoms with Crippen molar-refractivity contribution in [3.63, 3.8) is 0 Å². The Morgan fingerprint density at radius 3 is 2.85 bits per heavy atom. The van der Waals surface area contributed by atoms with Crippen molar-refractivity contribution in [1.29, 1.82) is 0 Å². The Bertz CT molecular complexity index is 459. The van der Waals surface area contributed by atoms with E-state index < -0.39 is 5.60 Å². The Hall–Kier alpha value is -0.390. The van der Waals surface area contributed by atoms with Crippen molar-refractivity contribution in [3.05, 3.63) is 15.9 Å². The van der Waals surface area contributed by atoms with Gasteiger partial charge in [-0.25, -0.2) is 0 Å². The third-order valence-electron chi connectivity index (χ3n) is 4.14. The first-order chi connectivity index (χ1) is 9.49. The summed E-state index contributed by atoms with van der Waals surface area (Å²) in [6, 6.07) is 0. The van der Waals surface area contributed by atoms with Crippen LogP contribution in [0, 0.1) is 0 Å². The van der Waals surface area contributed by atoms with Crippen LogP contribution in [0.4, 0.5) is 0 Å². The van der Waals surface area contributed by atoms with E-state index in [9.17, 15) is 5.11 Å². The van der Waals surface area contributed by atoms with Crippen molar-refractivity contribution in [3.8, 4) is 0 Å². The van der Waals surface area contributed by atoms with Crippen LogP contribution in [-0.4, -0.2) is 33.2 Å². The summed E-state index contributed by atoms with van der Waals surface area (Å²) in [5.41, 5.74) is 1.48. The van der Waals surface area contributed by atoms with E-state index in [0.29, 0.717) is 19.4 Å². The van der Waals surface area contributed by atoms with Crippen molar-refractivity contribution in [2.24, 2.45) is 7.05 Å². The molecule has 4 nitrogen and oxygen atoms in total. The quantitative estimate of drug-likeness (QED) is 0.892. The van der Waals surface area contributed by atoms with Gasteiger partial charge in [-0.1, -0.05) is 20.3 Å². The van der Waals surface area contributed by atoms with Crippen LogP contribution in [0.5, 0.6) is 0 Å². The van der Waals surface area contributed by atoms with Gasteiger partial charge in [0.05, 0.1) is 27.6 Å². The number of hydrogen-bond acceptors (Lipinski definition) is 3. The smallest absolute Gasteiger partial charge is 0.0766 e. The lowest BCUT2D eigenvalue weighted by molar-refractivity contribution is -0.105. The molecule has 1 saturated heterocycles. The van der Waals surface area contributed by atoms with Crippen LogP contribution in [0.2, 0.25) is 0 Å². The van der Waals surface area contributed by atoms with Crippen molar-refractivity contribution < 1.29 is 9.84 Å². The number of halogens is 1. The first-order valence-electron chi connectivity index (χ1n) is 7.53. The van der Waals surface area contributed by atoms with Crippen LogP contribution in [0.25, 0.3) is 0 Å². The van der Waals surface area contributed by atoms with Crippen LogP contribution >= 0.6 is 15.9 Å². The lowest BCUT2D eigenvalue weighted by atomic mass is 9.85. The molecule has 20 heavy (non-hydrogen) atoms. The largest absolute Gasteiger partial charge is 0.389 e. The van der Waals surface area contributed by atoms with Gasteiger partial charge in [0, 0.05) is 26.5 Å². The SMILES string of the molecule is CCCC1CC(O)(Cc2c(Br)c(CC)nn2C)CCO1. The average Bonchev–Trinajstić information content (AvgIpc) is 2.66. The maximum Gasteiger partial charge on any atom is 0.0766 e. The normalized spacial score (nSPS) is 26.9. The number of hydrogen-bond donors (Lipinski definition) is 1. The van der Waals surface area contributed by atoms with Gasteiger partial charge < -0.3 is 9.84 Å². The van der Waals surface area contributed by atoms with E-state index in [4.69, 9.17) is 4.74 Å². The van der Waals surface area contributed by atoms with E-state index in [0.717, 1.165) is 41.5 Å².